The maximum absolute atomic E-state index is 13.8. The molecule has 0 radical (unpaired) electrons. The minimum Gasteiger partial charge on any atom is -0.497 e. The summed E-state index contributed by atoms with van der Waals surface area (Å²) in [6.07, 6.45) is 0.381. The zero-order valence-electron chi connectivity index (χ0n) is 21.4. The second-order valence-electron chi connectivity index (χ2n) is 9.46. The van der Waals surface area contributed by atoms with Gasteiger partial charge in [0, 0.05) is 37.4 Å². The van der Waals surface area contributed by atoms with E-state index in [2.05, 4.69) is 36.8 Å². The van der Waals surface area contributed by atoms with E-state index in [1.807, 2.05) is 72.8 Å². The Bertz CT molecular complexity index is 1820. The molecule has 0 saturated heterocycles. The minimum absolute atomic E-state index is 0.249. The molecule has 1 N–H and O–H groups in total. The van der Waals surface area contributed by atoms with Crippen molar-refractivity contribution in [1.29, 1.82) is 0 Å². The largest absolute Gasteiger partial charge is 0.497 e. The van der Waals surface area contributed by atoms with Crippen LogP contribution in [0.4, 0.5) is 0 Å². The molecule has 1 atom stereocenters. The van der Waals surface area contributed by atoms with Crippen LogP contribution in [0.25, 0.3) is 22.0 Å². The highest BCUT2D eigenvalue weighted by atomic mass is 79.9. The predicted molar refractivity (Wildman–Crippen MR) is 165 cm³/mol. The summed E-state index contributed by atoms with van der Waals surface area (Å²) >= 11 is 7.09. The molecule has 4 aromatic carbocycles. The predicted octanol–water partition coefficient (Wildman–Crippen LogP) is 7.72. The van der Waals surface area contributed by atoms with Gasteiger partial charge in [0.15, 0.2) is 0 Å². The molecule has 0 fully saturated rings. The lowest BCUT2D eigenvalue weighted by atomic mass is 9.91. The van der Waals surface area contributed by atoms with E-state index in [9.17, 15) is 9.59 Å². The van der Waals surface area contributed by atoms with Gasteiger partial charge in [-0.25, -0.2) is 5.01 Å². The molecule has 1 aliphatic rings. The van der Waals surface area contributed by atoms with Gasteiger partial charge >= 0.3 is 0 Å². The molecule has 0 spiro atoms. The standard InChI is InChI=1S/C32H23Br2N3O3/c1-40-24-14-9-21(10-15-24)32(39)37-28(19-7-11-22(33)12-8-19)18-27(36-37)30-29(20-5-3-2-4-6-20)25-17-23(34)13-16-26(25)35-31(30)38/h2-17,28H,18H2,1H3,(H,35,38)/t28-/m0/s1. The highest BCUT2D eigenvalue weighted by Gasteiger charge is 2.36. The Morgan fingerprint density at radius 3 is 2.30 bits per heavy atom. The molecular weight excluding hydrogens is 634 g/mol. The number of fused-ring (bicyclic) bond motifs is 1. The van der Waals surface area contributed by atoms with Crippen molar-refractivity contribution in [3.63, 3.8) is 0 Å². The zero-order chi connectivity index (χ0) is 27.8. The van der Waals surface area contributed by atoms with Crippen LogP contribution in [-0.4, -0.2) is 28.7 Å². The molecule has 8 heteroatoms. The number of ether oxygens (including phenoxy) is 1. The average molecular weight is 657 g/mol. The molecule has 0 bridgehead atoms. The van der Waals surface area contributed by atoms with Gasteiger partial charge in [0.25, 0.3) is 11.5 Å². The van der Waals surface area contributed by atoms with Crippen molar-refractivity contribution in [3.8, 4) is 16.9 Å². The number of hydrazone groups is 1. The van der Waals surface area contributed by atoms with Crippen LogP contribution >= 0.6 is 31.9 Å². The molecule has 5 aromatic rings. The number of amides is 1. The van der Waals surface area contributed by atoms with Crippen molar-refractivity contribution in [2.24, 2.45) is 5.10 Å². The summed E-state index contributed by atoms with van der Waals surface area (Å²) in [6.45, 7) is 0. The van der Waals surface area contributed by atoms with Crippen molar-refractivity contribution in [2.75, 3.05) is 7.11 Å². The Balaban J connectivity index is 1.55. The normalized spacial score (nSPS) is 14.8. The number of aromatic nitrogens is 1. The van der Waals surface area contributed by atoms with Gasteiger partial charge in [0.2, 0.25) is 0 Å². The van der Waals surface area contributed by atoms with Crippen molar-refractivity contribution in [2.45, 2.75) is 12.5 Å². The highest BCUT2D eigenvalue weighted by molar-refractivity contribution is 9.10. The van der Waals surface area contributed by atoms with Gasteiger partial charge in [0.1, 0.15) is 5.75 Å². The maximum Gasteiger partial charge on any atom is 0.274 e. The van der Waals surface area contributed by atoms with Gasteiger partial charge in [-0.2, -0.15) is 5.10 Å². The van der Waals surface area contributed by atoms with Crippen LogP contribution in [-0.2, 0) is 0 Å². The quantitative estimate of drug-likeness (QED) is 0.210. The molecule has 40 heavy (non-hydrogen) atoms. The summed E-state index contributed by atoms with van der Waals surface area (Å²) in [5.41, 5.74) is 4.58. The Kier molecular flexibility index (Phi) is 7.12. The molecule has 2 heterocycles. The first-order valence-electron chi connectivity index (χ1n) is 12.6. The summed E-state index contributed by atoms with van der Waals surface area (Å²) in [7, 11) is 1.58. The van der Waals surface area contributed by atoms with Crippen LogP contribution in [0.1, 0.15) is 33.9 Å². The fraction of sp³-hybridized carbons (Fsp3) is 0.0938. The Morgan fingerprint density at radius 1 is 0.900 bits per heavy atom. The van der Waals surface area contributed by atoms with Crippen LogP contribution in [0.3, 0.4) is 0 Å². The number of carbonyl (C=O) groups excluding carboxylic acids is 1. The number of carbonyl (C=O) groups is 1. The van der Waals surface area contributed by atoms with E-state index >= 15 is 0 Å². The van der Waals surface area contributed by atoms with Crippen molar-refractivity contribution in [1.82, 2.24) is 9.99 Å². The molecule has 0 unspecified atom stereocenters. The number of hydrogen-bond donors (Lipinski definition) is 1. The van der Waals surface area contributed by atoms with E-state index in [0.29, 0.717) is 29.0 Å². The van der Waals surface area contributed by atoms with Crippen molar-refractivity contribution >= 4 is 54.4 Å². The molecule has 6 nitrogen and oxygen atoms in total. The lowest BCUT2D eigenvalue weighted by molar-refractivity contribution is 0.0711. The average Bonchev–Trinajstić information content (AvgIpc) is 3.42. The Morgan fingerprint density at radius 2 is 1.60 bits per heavy atom. The van der Waals surface area contributed by atoms with E-state index in [4.69, 9.17) is 9.84 Å². The number of rotatable bonds is 5. The topological polar surface area (TPSA) is 74.8 Å². The highest BCUT2D eigenvalue weighted by Crippen LogP contribution is 2.38. The monoisotopic (exact) mass is 655 g/mol. The summed E-state index contributed by atoms with van der Waals surface area (Å²) in [5, 5.41) is 7.25. The van der Waals surface area contributed by atoms with Crippen molar-refractivity contribution < 1.29 is 9.53 Å². The first kappa shape index (κ1) is 26.2. The summed E-state index contributed by atoms with van der Waals surface area (Å²) < 4.78 is 7.10. The van der Waals surface area contributed by atoms with Gasteiger partial charge in [-0.3, -0.25) is 9.59 Å². The van der Waals surface area contributed by atoms with Crippen molar-refractivity contribution in [3.05, 3.63) is 133 Å². The smallest absolute Gasteiger partial charge is 0.274 e. The third kappa shape index (κ3) is 4.89. The molecular formula is C32H23Br2N3O3. The first-order chi connectivity index (χ1) is 19.4. The van der Waals surface area contributed by atoms with E-state index in [1.165, 1.54) is 5.01 Å². The van der Waals surface area contributed by atoms with E-state index in [0.717, 1.165) is 36.5 Å². The van der Waals surface area contributed by atoms with E-state index < -0.39 is 0 Å². The van der Waals surface area contributed by atoms with Gasteiger partial charge in [0.05, 0.1) is 24.4 Å². The van der Waals surface area contributed by atoms with Gasteiger partial charge in [-0.1, -0.05) is 74.3 Å². The number of halogens is 2. The fourth-order valence-corrected chi connectivity index (χ4v) is 5.73. The van der Waals surface area contributed by atoms with E-state index in [-0.39, 0.29) is 17.5 Å². The Hall–Kier alpha value is -4.01. The van der Waals surface area contributed by atoms with Crippen LogP contribution < -0.4 is 10.3 Å². The number of methoxy groups -OCH3 is 1. The van der Waals surface area contributed by atoms with Crippen LogP contribution in [0, 0.1) is 0 Å². The molecule has 198 valence electrons. The van der Waals surface area contributed by atoms with Gasteiger partial charge < -0.3 is 9.72 Å². The fourth-order valence-electron chi connectivity index (χ4n) is 5.10. The molecule has 1 aliphatic heterocycles. The van der Waals surface area contributed by atoms with Gasteiger partial charge in [-0.15, -0.1) is 0 Å². The number of nitrogens with one attached hydrogen (secondary N) is 1. The lowest BCUT2D eigenvalue weighted by Gasteiger charge is -2.22. The van der Waals surface area contributed by atoms with Crippen LogP contribution in [0.5, 0.6) is 5.75 Å². The maximum atomic E-state index is 13.8. The second-order valence-corrected chi connectivity index (χ2v) is 11.3. The SMILES string of the molecule is COc1ccc(C(=O)N2N=C(c3c(-c4ccccc4)c4cc(Br)ccc4[nH]c3=O)C[C@H]2c2ccc(Br)cc2)cc1. The van der Waals surface area contributed by atoms with E-state index in [1.54, 1.807) is 31.4 Å². The third-order valence-corrected chi connectivity index (χ3v) is 8.06. The molecule has 0 aliphatic carbocycles. The summed E-state index contributed by atoms with van der Waals surface area (Å²) in [5.74, 6) is 0.403. The van der Waals surface area contributed by atoms with Crippen LogP contribution in [0.15, 0.2) is 116 Å². The number of pyridine rings is 1. The molecule has 0 saturated carbocycles. The third-order valence-electron chi connectivity index (χ3n) is 7.04. The summed E-state index contributed by atoms with van der Waals surface area (Å²) in [4.78, 5) is 30.6. The number of aromatic amines is 1. The first-order valence-corrected chi connectivity index (χ1v) is 14.2. The summed E-state index contributed by atoms with van der Waals surface area (Å²) in [6, 6.07) is 30.0. The second kappa shape index (κ2) is 10.9. The number of H-pyrrole nitrogens is 1. The Labute approximate surface area is 247 Å². The zero-order valence-corrected chi connectivity index (χ0v) is 24.6. The number of nitrogens with zero attached hydrogens (tertiary/aromatic N) is 2. The molecule has 6 rings (SSSR count). The molecule has 1 amide bonds. The number of hydrogen-bond acceptors (Lipinski definition) is 4. The van der Waals surface area contributed by atoms with Crippen LogP contribution in [0.2, 0.25) is 0 Å². The van der Waals surface area contributed by atoms with Gasteiger partial charge in [-0.05, 0) is 65.7 Å². The molecule has 1 aromatic heterocycles. The minimum atomic E-state index is -0.390. The lowest BCUT2D eigenvalue weighted by Crippen LogP contribution is -2.27. The number of benzene rings is 4.